The fraction of sp³-hybridized carbons (Fsp3) is 0.269. The number of aromatic nitrogens is 2. The summed E-state index contributed by atoms with van der Waals surface area (Å²) in [5.74, 6) is -0.444. The zero-order valence-corrected chi connectivity index (χ0v) is 21.5. The van der Waals surface area contributed by atoms with E-state index in [4.69, 9.17) is 22.1 Å². The largest absolute Gasteiger partial charge is 0.481 e. The van der Waals surface area contributed by atoms with Crippen LogP contribution in [-0.2, 0) is 9.59 Å². The number of carbonyl (C=O) groups excluding carboxylic acids is 1. The van der Waals surface area contributed by atoms with Gasteiger partial charge in [0.2, 0.25) is 5.88 Å². The topological polar surface area (TPSA) is 101 Å². The molecule has 1 aromatic carbocycles. The molecule has 0 radical (unpaired) electrons. The molecule has 2 aromatic heterocycles. The third kappa shape index (κ3) is 5.50. The van der Waals surface area contributed by atoms with Crippen molar-refractivity contribution in [2.24, 2.45) is 0 Å². The van der Waals surface area contributed by atoms with Gasteiger partial charge in [-0.1, -0.05) is 48.6 Å². The van der Waals surface area contributed by atoms with Crippen LogP contribution in [0, 0.1) is 13.8 Å². The number of aryl methyl sites for hydroxylation is 1. The molecular formula is C26H25N3O5S2. The van der Waals surface area contributed by atoms with Crippen LogP contribution < -0.4 is 10.3 Å². The molecule has 1 saturated heterocycles. The lowest BCUT2D eigenvalue weighted by Crippen LogP contribution is -2.29. The van der Waals surface area contributed by atoms with Crippen LogP contribution in [0.15, 0.2) is 52.3 Å². The number of amides is 1. The Labute approximate surface area is 217 Å². The van der Waals surface area contributed by atoms with Crippen LogP contribution >= 0.6 is 24.0 Å². The molecule has 186 valence electrons. The van der Waals surface area contributed by atoms with Gasteiger partial charge in [-0.2, -0.15) is 4.98 Å². The van der Waals surface area contributed by atoms with Crippen LogP contribution in [0.4, 0.5) is 0 Å². The Hall–Kier alpha value is -3.50. The average molecular weight is 524 g/mol. The van der Waals surface area contributed by atoms with Crippen molar-refractivity contribution in [3.05, 3.63) is 74.5 Å². The van der Waals surface area contributed by atoms with Gasteiger partial charge in [0.1, 0.15) is 21.3 Å². The zero-order valence-electron chi connectivity index (χ0n) is 19.9. The molecular weight excluding hydrogens is 498 g/mol. The number of ether oxygens (including phenoxy) is 1. The molecule has 0 unspecified atom stereocenters. The van der Waals surface area contributed by atoms with E-state index >= 15 is 0 Å². The summed E-state index contributed by atoms with van der Waals surface area (Å²) in [6.07, 6.45) is 5.06. The van der Waals surface area contributed by atoms with Crippen molar-refractivity contribution >= 4 is 51.9 Å². The van der Waals surface area contributed by atoms with Gasteiger partial charge in [-0.15, -0.1) is 0 Å². The summed E-state index contributed by atoms with van der Waals surface area (Å²) in [5, 5.41) is 8.78. The number of carboxylic acids is 1. The maximum Gasteiger partial charge on any atom is 0.303 e. The second kappa shape index (κ2) is 11.0. The number of aliphatic carboxylic acids is 1. The Balaban J connectivity index is 1.67. The number of pyridine rings is 1. The van der Waals surface area contributed by atoms with Crippen molar-refractivity contribution in [2.75, 3.05) is 6.54 Å². The molecule has 3 aromatic rings. The van der Waals surface area contributed by atoms with Crippen molar-refractivity contribution in [3.8, 4) is 11.6 Å². The number of nitrogens with zero attached hydrogens (tertiary/aromatic N) is 3. The highest BCUT2D eigenvalue weighted by molar-refractivity contribution is 8.26. The molecule has 1 fully saturated rings. The lowest BCUT2D eigenvalue weighted by Gasteiger charge is -2.14. The minimum atomic E-state index is -0.835. The Morgan fingerprint density at radius 2 is 1.94 bits per heavy atom. The summed E-state index contributed by atoms with van der Waals surface area (Å²) in [6, 6.07) is 10.9. The predicted molar refractivity (Wildman–Crippen MR) is 143 cm³/mol. The normalized spacial score (nSPS) is 14.7. The van der Waals surface area contributed by atoms with Crippen molar-refractivity contribution in [1.29, 1.82) is 0 Å². The monoisotopic (exact) mass is 523 g/mol. The summed E-state index contributed by atoms with van der Waals surface area (Å²) in [6.45, 7) is 4.29. The summed E-state index contributed by atoms with van der Waals surface area (Å²) in [4.78, 5) is 43.6. The van der Waals surface area contributed by atoms with Gasteiger partial charge < -0.3 is 9.84 Å². The van der Waals surface area contributed by atoms with Crippen LogP contribution in [-0.4, -0.2) is 42.1 Å². The van der Waals surface area contributed by atoms with E-state index in [0.29, 0.717) is 46.4 Å². The number of thioether (sulfide) groups is 1. The summed E-state index contributed by atoms with van der Waals surface area (Å²) in [5.41, 5.74) is 2.18. The fourth-order valence-electron chi connectivity index (χ4n) is 3.77. The number of benzene rings is 1. The van der Waals surface area contributed by atoms with E-state index in [1.165, 1.54) is 15.4 Å². The highest BCUT2D eigenvalue weighted by atomic mass is 32.2. The molecule has 10 heteroatoms. The molecule has 0 spiro atoms. The van der Waals surface area contributed by atoms with Crippen LogP contribution in [0.3, 0.4) is 0 Å². The molecule has 0 saturated carbocycles. The number of rotatable bonds is 9. The van der Waals surface area contributed by atoms with Crippen LogP contribution in [0.1, 0.15) is 42.4 Å². The molecule has 0 aliphatic carbocycles. The van der Waals surface area contributed by atoms with E-state index in [-0.39, 0.29) is 29.3 Å². The van der Waals surface area contributed by atoms with Gasteiger partial charge in [-0.25, -0.2) is 0 Å². The number of hydrogen-bond donors (Lipinski definition) is 1. The number of unbranched alkanes of at least 4 members (excludes halogenated alkanes) is 2. The minimum Gasteiger partial charge on any atom is -0.481 e. The molecule has 3 heterocycles. The SMILES string of the molecule is Cc1cccc(Oc2nc3ccccn3c(=O)c2/C=C2/SC(=S)N(CCCCCC(=O)O)C2=O)c1C. The smallest absolute Gasteiger partial charge is 0.303 e. The number of thiocarbonyl (C=S) groups is 1. The van der Waals surface area contributed by atoms with Gasteiger partial charge in [-0.3, -0.25) is 23.7 Å². The maximum atomic E-state index is 13.4. The van der Waals surface area contributed by atoms with Gasteiger partial charge >= 0.3 is 5.97 Å². The van der Waals surface area contributed by atoms with E-state index in [0.717, 1.165) is 22.9 Å². The standard InChI is InChI=1S/C26H25N3O5S2/c1-16-9-8-10-19(17(16)2)34-23-18(24(32)28-13-7-5-11-21(28)27-23)15-20-25(33)29(26(35)36-20)14-6-3-4-12-22(30)31/h5,7-11,13,15H,3-4,6,12,14H2,1-2H3,(H,30,31)/b20-15+. The van der Waals surface area contributed by atoms with Crippen LogP contribution in [0.25, 0.3) is 11.7 Å². The Kier molecular flexibility index (Phi) is 7.85. The van der Waals surface area contributed by atoms with Gasteiger partial charge in [0.25, 0.3) is 11.5 Å². The highest BCUT2D eigenvalue weighted by Crippen LogP contribution is 2.35. The molecule has 1 aliphatic rings. The van der Waals surface area contributed by atoms with E-state index in [1.807, 2.05) is 32.0 Å². The second-order valence-electron chi connectivity index (χ2n) is 8.40. The van der Waals surface area contributed by atoms with E-state index < -0.39 is 5.97 Å². The Bertz CT molecular complexity index is 1450. The zero-order chi connectivity index (χ0) is 25.8. The second-order valence-corrected chi connectivity index (χ2v) is 10.1. The molecule has 1 aliphatic heterocycles. The Morgan fingerprint density at radius 1 is 1.14 bits per heavy atom. The van der Waals surface area contributed by atoms with Crippen molar-refractivity contribution in [1.82, 2.24) is 14.3 Å². The lowest BCUT2D eigenvalue weighted by atomic mass is 10.1. The third-order valence-electron chi connectivity index (χ3n) is 5.92. The van der Waals surface area contributed by atoms with E-state index in [2.05, 4.69) is 4.98 Å². The first kappa shape index (κ1) is 25.6. The first-order chi connectivity index (χ1) is 17.3. The molecule has 0 bridgehead atoms. The molecule has 1 N–H and O–H groups in total. The van der Waals surface area contributed by atoms with Gasteiger partial charge in [0, 0.05) is 19.2 Å². The quantitative estimate of drug-likeness (QED) is 0.239. The third-order valence-corrected chi connectivity index (χ3v) is 7.29. The highest BCUT2D eigenvalue weighted by Gasteiger charge is 2.32. The number of carboxylic acid groups (broad SMARTS) is 1. The molecule has 8 nitrogen and oxygen atoms in total. The van der Waals surface area contributed by atoms with Gasteiger partial charge in [0.15, 0.2) is 0 Å². The number of fused-ring (bicyclic) bond motifs is 1. The lowest BCUT2D eigenvalue weighted by molar-refractivity contribution is -0.137. The minimum absolute atomic E-state index is 0.0976. The molecule has 4 rings (SSSR count). The van der Waals surface area contributed by atoms with Crippen LogP contribution in [0.2, 0.25) is 0 Å². The molecule has 1 amide bonds. The van der Waals surface area contributed by atoms with Crippen molar-refractivity contribution < 1.29 is 19.4 Å². The summed E-state index contributed by atoms with van der Waals surface area (Å²) >= 11 is 6.54. The van der Waals surface area contributed by atoms with Crippen LogP contribution in [0.5, 0.6) is 11.6 Å². The first-order valence-electron chi connectivity index (χ1n) is 11.5. The van der Waals surface area contributed by atoms with E-state index in [1.54, 1.807) is 24.4 Å². The first-order valence-corrected chi connectivity index (χ1v) is 12.7. The van der Waals surface area contributed by atoms with Crippen molar-refractivity contribution in [3.63, 3.8) is 0 Å². The predicted octanol–water partition coefficient (Wildman–Crippen LogP) is 4.95. The van der Waals surface area contributed by atoms with Gasteiger partial charge in [-0.05, 0) is 62.1 Å². The summed E-state index contributed by atoms with van der Waals surface area (Å²) < 4.78 is 7.94. The van der Waals surface area contributed by atoms with Crippen molar-refractivity contribution in [2.45, 2.75) is 39.5 Å². The Morgan fingerprint density at radius 3 is 2.72 bits per heavy atom. The summed E-state index contributed by atoms with van der Waals surface area (Å²) in [7, 11) is 0. The number of hydrogen-bond acceptors (Lipinski definition) is 7. The maximum absolute atomic E-state index is 13.4. The fourth-order valence-corrected chi connectivity index (χ4v) is 5.06. The van der Waals surface area contributed by atoms with Gasteiger partial charge in [0.05, 0.1) is 4.91 Å². The average Bonchev–Trinajstić information content (AvgIpc) is 3.11. The van der Waals surface area contributed by atoms with E-state index in [9.17, 15) is 14.4 Å². The molecule has 0 atom stereocenters. The number of carbonyl (C=O) groups is 2. The molecule has 36 heavy (non-hydrogen) atoms.